The predicted octanol–water partition coefficient (Wildman–Crippen LogP) is 2.47. The average molecular weight is 202 g/mol. The van der Waals surface area contributed by atoms with Gasteiger partial charge in [-0.05, 0) is 5.53 Å². The van der Waals surface area contributed by atoms with Crippen molar-refractivity contribution in [1.29, 1.82) is 0 Å². The summed E-state index contributed by atoms with van der Waals surface area (Å²) >= 11 is 0. The van der Waals surface area contributed by atoms with Gasteiger partial charge in [0.15, 0.2) is 0 Å². The molecule has 6 heteroatoms. The molecule has 0 aliphatic carbocycles. The SMILES string of the molecule is C[Si](C)(C)[Si](C)(C)NCN=[N+]=[N-]. The molecule has 0 aliphatic rings. The molecule has 0 aromatic rings. The van der Waals surface area contributed by atoms with Crippen molar-refractivity contribution in [3.8, 4) is 0 Å². The molecule has 4 nitrogen and oxygen atoms in total. The van der Waals surface area contributed by atoms with E-state index in [4.69, 9.17) is 5.53 Å². The summed E-state index contributed by atoms with van der Waals surface area (Å²) in [4.78, 5) is 6.10. The minimum atomic E-state index is -1.32. The first-order chi connectivity index (χ1) is 5.31. The molecule has 0 aromatic carbocycles. The van der Waals surface area contributed by atoms with E-state index >= 15 is 0 Å². The fourth-order valence-corrected chi connectivity index (χ4v) is 3.35. The van der Waals surface area contributed by atoms with Crippen molar-refractivity contribution in [3.05, 3.63) is 10.4 Å². The van der Waals surface area contributed by atoms with Crippen LogP contribution in [0.4, 0.5) is 0 Å². The third-order valence-electron chi connectivity index (χ3n) is 2.53. The van der Waals surface area contributed by atoms with Gasteiger partial charge in [-0.1, -0.05) is 37.8 Å². The molecule has 12 heavy (non-hydrogen) atoms. The summed E-state index contributed by atoms with van der Waals surface area (Å²) in [5.74, 6) is 0. The smallest absolute Gasteiger partial charge is 0.109 e. The Morgan fingerprint density at radius 3 is 2.08 bits per heavy atom. The first-order valence-electron chi connectivity index (χ1n) is 4.07. The molecule has 0 heterocycles. The van der Waals surface area contributed by atoms with Crippen LogP contribution in [0.25, 0.3) is 10.4 Å². The average Bonchev–Trinajstić information content (AvgIpc) is 1.85. The number of azide groups is 1. The highest BCUT2D eigenvalue weighted by Gasteiger charge is 2.36. The number of hydrogen-bond acceptors (Lipinski definition) is 2. The lowest BCUT2D eigenvalue weighted by Crippen LogP contribution is -2.62. The molecule has 0 radical (unpaired) electrons. The van der Waals surface area contributed by atoms with Gasteiger partial charge in [0.05, 0.1) is 14.3 Å². The van der Waals surface area contributed by atoms with Gasteiger partial charge < -0.3 is 4.98 Å². The number of nitrogens with one attached hydrogen (secondary N) is 1. The van der Waals surface area contributed by atoms with E-state index in [0.29, 0.717) is 6.67 Å². The van der Waals surface area contributed by atoms with Gasteiger partial charge in [0, 0.05) is 4.91 Å². The second-order valence-corrected chi connectivity index (χ2v) is 20.8. The Bertz CT molecular complexity index is 190. The van der Waals surface area contributed by atoms with Gasteiger partial charge >= 0.3 is 0 Å². The van der Waals surface area contributed by atoms with E-state index in [1.54, 1.807) is 0 Å². The standard InChI is InChI=1S/C6H18N4Si2/c1-11(2,3)12(4,5)9-6-8-10-7/h9H,6H2,1-5H3. The van der Waals surface area contributed by atoms with E-state index in [-0.39, 0.29) is 0 Å². The number of hydrogen-bond donors (Lipinski definition) is 1. The van der Waals surface area contributed by atoms with Crippen molar-refractivity contribution in [1.82, 2.24) is 4.98 Å². The zero-order valence-electron chi connectivity index (χ0n) is 8.55. The molecule has 0 amide bonds. The second-order valence-electron chi connectivity index (χ2n) is 4.44. The van der Waals surface area contributed by atoms with Gasteiger partial charge in [-0.15, -0.1) is 0 Å². The Morgan fingerprint density at radius 2 is 1.75 bits per heavy atom. The van der Waals surface area contributed by atoms with Crippen molar-refractivity contribution >= 4 is 15.3 Å². The Kier molecular flexibility index (Phi) is 3.99. The highest BCUT2D eigenvalue weighted by Crippen LogP contribution is 2.14. The summed E-state index contributed by atoms with van der Waals surface area (Å²) in [6.07, 6.45) is 0. The highest BCUT2D eigenvalue weighted by atomic mass is 29.3. The summed E-state index contributed by atoms with van der Waals surface area (Å²) < 4.78 is 0. The molecule has 0 aliphatic heterocycles. The largest absolute Gasteiger partial charge is 0.334 e. The summed E-state index contributed by atoms with van der Waals surface area (Å²) in [6, 6.07) is 0. The number of rotatable bonds is 4. The van der Waals surface area contributed by atoms with Crippen LogP contribution in [-0.4, -0.2) is 22.0 Å². The Hall–Kier alpha value is -0.296. The van der Waals surface area contributed by atoms with Crippen LogP contribution >= 0.6 is 0 Å². The maximum atomic E-state index is 8.11. The zero-order valence-corrected chi connectivity index (χ0v) is 10.5. The predicted molar refractivity (Wildman–Crippen MR) is 58.0 cm³/mol. The molecule has 70 valence electrons. The van der Waals surface area contributed by atoms with Crippen LogP contribution in [0, 0.1) is 0 Å². The first kappa shape index (κ1) is 11.7. The van der Waals surface area contributed by atoms with E-state index in [1.165, 1.54) is 0 Å². The van der Waals surface area contributed by atoms with Crippen molar-refractivity contribution in [2.24, 2.45) is 5.11 Å². The fourth-order valence-electron chi connectivity index (χ4n) is 0.530. The van der Waals surface area contributed by atoms with E-state index in [9.17, 15) is 0 Å². The monoisotopic (exact) mass is 202 g/mol. The van der Waals surface area contributed by atoms with Crippen LogP contribution in [0.3, 0.4) is 0 Å². The Labute approximate surface area is 75.9 Å². The normalized spacial score (nSPS) is 12.4. The van der Waals surface area contributed by atoms with Gasteiger partial charge in [-0.3, -0.25) is 0 Å². The number of nitrogens with zero attached hydrogens (tertiary/aromatic N) is 3. The van der Waals surface area contributed by atoms with E-state index < -0.39 is 15.3 Å². The van der Waals surface area contributed by atoms with Gasteiger partial charge in [0.1, 0.15) is 7.75 Å². The lowest BCUT2D eigenvalue weighted by Gasteiger charge is -2.35. The van der Waals surface area contributed by atoms with Gasteiger partial charge in [-0.25, -0.2) is 0 Å². The van der Waals surface area contributed by atoms with Crippen LogP contribution in [0.1, 0.15) is 0 Å². The minimum Gasteiger partial charge on any atom is -0.334 e. The van der Waals surface area contributed by atoms with Crippen LogP contribution in [0.15, 0.2) is 5.11 Å². The summed E-state index contributed by atoms with van der Waals surface area (Å²) in [5.41, 5.74) is 8.11. The summed E-state index contributed by atoms with van der Waals surface area (Å²) in [5, 5.41) is 3.50. The molecule has 0 aromatic heterocycles. The van der Waals surface area contributed by atoms with Crippen molar-refractivity contribution in [3.63, 3.8) is 0 Å². The Morgan fingerprint density at radius 1 is 1.25 bits per heavy atom. The minimum absolute atomic E-state index is 0.444. The van der Waals surface area contributed by atoms with Crippen molar-refractivity contribution in [2.75, 3.05) is 6.67 Å². The van der Waals surface area contributed by atoms with Crippen LogP contribution in [-0.2, 0) is 0 Å². The topological polar surface area (TPSA) is 60.8 Å². The molecule has 1 N–H and O–H groups in total. The van der Waals surface area contributed by atoms with Gasteiger partial charge in [-0.2, -0.15) is 0 Å². The molecule has 0 bridgehead atoms. The van der Waals surface area contributed by atoms with Gasteiger partial charge in [0.2, 0.25) is 0 Å². The molecule has 0 rings (SSSR count). The third-order valence-corrected chi connectivity index (χ3v) is 19.1. The van der Waals surface area contributed by atoms with Gasteiger partial charge in [0.25, 0.3) is 0 Å². The second kappa shape index (κ2) is 4.09. The highest BCUT2D eigenvalue weighted by molar-refractivity contribution is 7.39. The summed E-state index contributed by atoms with van der Waals surface area (Å²) in [6.45, 7) is 12.1. The van der Waals surface area contributed by atoms with Crippen molar-refractivity contribution < 1.29 is 0 Å². The zero-order chi connectivity index (χ0) is 9.83. The van der Waals surface area contributed by atoms with Crippen molar-refractivity contribution in [2.45, 2.75) is 32.7 Å². The quantitative estimate of drug-likeness (QED) is 0.324. The van der Waals surface area contributed by atoms with Crippen LogP contribution in [0.2, 0.25) is 32.7 Å². The lowest BCUT2D eigenvalue weighted by atomic mass is 11.2. The van der Waals surface area contributed by atoms with E-state index in [2.05, 4.69) is 47.7 Å². The lowest BCUT2D eigenvalue weighted by molar-refractivity contribution is 0.924. The third kappa shape index (κ3) is 3.40. The maximum absolute atomic E-state index is 8.11. The molecular formula is C6H18N4Si2. The fraction of sp³-hybridized carbons (Fsp3) is 1.00. The molecule has 0 saturated heterocycles. The molecule has 0 spiro atoms. The van der Waals surface area contributed by atoms with E-state index in [1.807, 2.05) is 0 Å². The molecule has 0 fully saturated rings. The first-order valence-corrected chi connectivity index (χ1v) is 11.6. The van der Waals surface area contributed by atoms with Crippen LogP contribution in [0.5, 0.6) is 0 Å². The molecule has 0 saturated carbocycles. The molecule has 0 atom stereocenters. The maximum Gasteiger partial charge on any atom is 0.109 e. The molecular weight excluding hydrogens is 184 g/mol. The van der Waals surface area contributed by atoms with E-state index in [0.717, 1.165) is 0 Å². The summed E-state index contributed by atoms with van der Waals surface area (Å²) in [7, 11) is -2.41. The Balaban J connectivity index is 4.13. The molecule has 0 unspecified atom stereocenters. The van der Waals surface area contributed by atoms with Crippen LogP contribution < -0.4 is 4.98 Å².